The number of nitrogens with zero attached hydrogens (tertiary/aromatic N) is 3. The fourth-order valence-electron chi connectivity index (χ4n) is 9.75. The summed E-state index contributed by atoms with van der Waals surface area (Å²) in [7, 11) is -4.12. The molecule has 3 N–H and O–H groups in total. The molecule has 20 heteroatoms. The van der Waals surface area contributed by atoms with E-state index in [1.807, 2.05) is 32.9 Å². The zero-order valence-electron chi connectivity index (χ0n) is 38.7. The quantitative estimate of drug-likeness (QED) is 0.266. The molecular weight excluding hydrogens is 898 g/mol. The van der Waals surface area contributed by atoms with Gasteiger partial charge in [-0.2, -0.15) is 13.2 Å². The van der Waals surface area contributed by atoms with E-state index in [1.165, 1.54) is 11.0 Å². The molecule has 0 bridgehead atoms. The van der Waals surface area contributed by atoms with Crippen LogP contribution in [0.3, 0.4) is 0 Å². The van der Waals surface area contributed by atoms with Crippen molar-refractivity contribution in [2.45, 2.75) is 139 Å². The van der Waals surface area contributed by atoms with Crippen molar-refractivity contribution in [2.24, 2.45) is 11.3 Å². The minimum Gasteiger partial charge on any atom is -0.492 e. The van der Waals surface area contributed by atoms with Gasteiger partial charge in [-0.25, -0.2) is 18.2 Å². The van der Waals surface area contributed by atoms with Crippen molar-refractivity contribution in [3.8, 4) is 11.5 Å². The van der Waals surface area contributed by atoms with Crippen LogP contribution in [0.4, 0.5) is 18.0 Å². The molecule has 2 saturated heterocycles. The number of carbonyl (C=O) groups excluding carboxylic acids is 4. The van der Waals surface area contributed by atoms with E-state index in [2.05, 4.69) is 25.2 Å². The summed E-state index contributed by atoms with van der Waals surface area (Å²) in [5, 5.41) is 6.00. The number of carbonyl (C=O) groups is 4. The maximum Gasteiger partial charge on any atom is 0.437 e. The first-order chi connectivity index (χ1) is 31.6. The molecule has 8 rings (SSSR count). The van der Waals surface area contributed by atoms with Crippen molar-refractivity contribution in [2.75, 3.05) is 52.6 Å². The Morgan fingerprint density at radius 3 is 2.48 bits per heavy atom. The third-order valence-electron chi connectivity index (χ3n) is 14.2. The predicted molar refractivity (Wildman–Crippen MR) is 240 cm³/mol. The van der Waals surface area contributed by atoms with Gasteiger partial charge in [0, 0.05) is 42.9 Å². The van der Waals surface area contributed by atoms with Gasteiger partial charge in [-0.1, -0.05) is 45.8 Å². The summed E-state index contributed by atoms with van der Waals surface area (Å²) >= 11 is 0. The number of hydrogen-bond acceptors (Lipinski definition) is 12. The van der Waals surface area contributed by atoms with Gasteiger partial charge in [-0.05, 0) is 88.3 Å². The molecule has 2 saturated carbocycles. The lowest BCUT2D eigenvalue weighted by Gasteiger charge is -2.48. The largest absolute Gasteiger partial charge is 0.492 e. The number of aryl methyl sites for hydroxylation is 1. The van der Waals surface area contributed by atoms with E-state index in [0.29, 0.717) is 82.4 Å². The summed E-state index contributed by atoms with van der Waals surface area (Å²) < 4.78 is 96.6. The van der Waals surface area contributed by atoms with Gasteiger partial charge in [0.1, 0.15) is 35.6 Å². The molecule has 4 fully saturated rings. The summed E-state index contributed by atoms with van der Waals surface area (Å²) in [5.41, 5.74) is -4.54. The zero-order chi connectivity index (χ0) is 48.0. The predicted octanol–water partition coefficient (Wildman–Crippen LogP) is 5.55. The Hall–Kier alpha value is -4.69. The molecule has 0 radical (unpaired) electrons. The Balaban J connectivity index is 1.14. The van der Waals surface area contributed by atoms with Gasteiger partial charge in [-0.15, -0.1) is 0 Å². The third kappa shape index (κ3) is 10.5. The summed E-state index contributed by atoms with van der Waals surface area (Å²) in [4.78, 5) is 64.9. The highest BCUT2D eigenvalue weighted by atomic mass is 32.2. The van der Waals surface area contributed by atoms with Gasteiger partial charge in [0.25, 0.3) is 5.91 Å². The smallest absolute Gasteiger partial charge is 0.437 e. The van der Waals surface area contributed by atoms with Gasteiger partial charge in [0.15, 0.2) is 11.4 Å². The van der Waals surface area contributed by atoms with Crippen LogP contribution in [0.2, 0.25) is 0 Å². The molecule has 5 atom stereocenters. The number of fused-ring (bicyclic) bond motifs is 5. The number of amides is 4. The van der Waals surface area contributed by atoms with Crippen LogP contribution in [0.1, 0.15) is 110 Å². The number of alkyl halides is 3. The van der Waals surface area contributed by atoms with Crippen LogP contribution in [0.15, 0.2) is 30.4 Å². The van der Waals surface area contributed by atoms with Crippen molar-refractivity contribution in [1.82, 2.24) is 30.1 Å². The van der Waals surface area contributed by atoms with Gasteiger partial charge < -0.3 is 34.5 Å². The van der Waals surface area contributed by atoms with Gasteiger partial charge in [0.05, 0.1) is 36.6 Å². The van der Waals surface area contributed by atoms with Crippen LogP contribution in [-0.2, 0) is 46.5 Å². The maximum absolute atomic E-state index is 15.1. The van der Waals surface area contributed by atoms with E-state index in [4.69, 9.17) is 18.9 Å². The van der Waals surface area contributed by atoms with Crippen molar-refractivity contribution >= 4 is 44.7 Å². The lowest BCUT2D eigenvalue weighted by molar-refractivity contribution is -0.145. The van der Waals surface area contributed by atoms with Gasteiger partial charge in [-0.3, -0.25) is 24.0 Å². The molecular formula is C47H63F3N6O10S. The number of pyridine rings is 1. The number of alkyl carbamates (subject to hydrolysis) is 1. The molecule has 5 unspecified atom stereocenters. The molecule has 2 aliphatic carbocycles. The minimum absolute atomic E-state index is 0.0453. The number of benzene rings is 1. The number of halogens is 3. The molecule has 1 aromatic heterocycles. The van der Waals surface area contributed by atoms with Crippen molar-refractivity contribution in [3.63, 3.8) is 0 Å². The third-order valence-corrected chi connectivity index (χ3v) is 16.4. The fraction of sp³-hybridized carbons (Fsp3) is 0.681. The van der Waals surface area contributed by atoms with Crippen LogP contribution in [-0.4, -0.2) is 128 Å². The minimum atomic E-state index is -4.95. The number of nitrogens with one attached hydrogen (secondary N) is 3. The second-order valence-corrected chi connectivity index (χ2v) is 22.8. The first-order valence-corrected chi connectivity index (χ1v) is 25.0. The highest BCUT2D eigenvalue weighted by Gasteiger charge is 2.60. The summed E-state index contributed by atoms with van der Waals surface area (Å²) in [5.74, 6) is -3.03. The van der Waals surface area contributed by atoms with E-state index in [0.717, 1.165) is 13.1 Å². The van der Waals surface area contributed by atoms with Crippen molar-refractivity contribution in [1.29, 1.82) is 0 Å². The van der Waals surface area contributed by atoms with Crippen LogP contribution in [0, 0.1) is 11.3 Å². The molecule has 4 aliphatic heterocycles. The molecule has 16 nitrogen and oxygen atoms in total. The molecule has 4 amide bonds. The number of rotatable bonds is 9. The van der Waals surface area contributed by atoms with Crippen LogP contribution in [0.25, 0.3) is 10.9 Å². The van der Waals surface area contributed by atoms with Crippen LogP contribution < -0.4 is 24.8 Å². The second-order valence-electron chi connectivity index (χ2n) is 20.6. The highest BCUT2D eigenvalue weighted by Crippen LogP contribution is 2.50. The Kier molecular flexibility index (Phi) is 13.6. The standard InChI is InChI=1S/C47H63F3N6O10S/c1-43(2,3)29-65-42(60)52-35-11-9-7-5-6-8-10-30-14-17-46(30,41(59)54-67(61,62)44(4)18-19-44)53-39(57)36-27-45(28-56(36)40(35)58)16-15-32-33-26-31(64-25-22-55-20-23-63-24-21-55)12-13-34(33)51-38(37(32)66-45)47(48,49)50/h8,10,12-13,26,30,35-36H,5-7,9,11,14-25,27-29H2,1-4H3,(H,52,60)(H,53,57)(H,54,59). The number of hydrogen-bond donors (Lipinski definition) is 3. The van der Waals surface area contributed by atoms with Crippen LogP contribution in [0.5, 0.6) is 11.5 Å². The van der Waals surface area contributed by atoms with E-state index in [1.54, 1.807) is 19.1 Å². The average Bonchev–Trinajstić information content (AvgIpc) is 3.93. The molecule has 368 valence electrons. The summed E-state index contributed by atoms with van der Waals surface area (Å²) in [6.45, 7) is 10.6. The SMILES string of the molecule is CC(C)(C)COC(=O)NC1CCCCCC=CC2CCC2(C(=O)NS(=O)(=O)C2(C)CC2)NC(=O)C2CC3(CCc4c(c(C(F)(F)F)nc5ccc(OCCN6CCOCC6)cc45)O3)CN2C1=O. The number of morpholine rings is 1. The van der Waals surface area contributed by atoms with E-state index >= 15 is 13.2 Å². The normalized spacial score (nSPS) is 28.1. The fourth-order valence-corrected chi connectivity index (χ4v) is 11.1. The Labute approximate surface area is 389 Å². The average molecular weight is 961 g/mol. The molecule has 67 heavy (non-hydrogen) atoms. The number of allylic oxidation sites excluding steroid dienone is 1. The first-order valence-electron chi connectivity index (χ1n) is 23.6. The second kappa shape index (κ2) is 18.7. The van der Waals surface area contributed by atoms with Gasteiger partial charge >= 0.3 is 12.3 Å². The van der Waals surface area contributed by atoms with Crippen LogP contribution >= 0.6 is 0 Å². The van der Waals surface area contributed by atoms with E-state index in [9.17, 15) is 27.6 Å². The summed E-state index contributed by atoms with van der Waals surface area (Å²) in [6.07, 6.45) is 1.73. The van der Waals surface area contributed by atoms with Gasteiger partial charge in [0.2, 0.25) is 21.8 Å². The molecule has 1 spiro atoms. The topological polar surface area (TPSA) is 195 Å². The lowest BCUT2D eigenvalue weighted by Crippen LogP contribution is -2.70. The first kappa shape index (κ1) is 48.8. The zero-order valence-corrected chi connectivity index (χ0v) is 39.5. The Bertz CT molecular complexity index is 2380. The number of aromatic nitrogens is 1. The molecule has 2 aromatic rings. The lowest BCUT2D eigenvalue weighted by atomic mass is 9.65. The summed E-state index contributed by atoms with van der Waals surface area (Å²) in [6, 6.07) is 2.13. The Morgan fingerprint density at radius 2 is 1.79 bits per heavy atom. The Morgan fingerprint density at radius 1 is 1.03 bits per heavy atom. The molecule has 1 aromatic carbocycles. The van der Waals surface area contributed by atoms with E-state index in [-0.39, 0.29) is 61.8 Å². The number of sulfonamides is 1. The van der Waals surface area contributed by atoms with E-state index < -0.39 is 85.3 Å². The monoisotopic (exact) mass is 960 g/mol. The maximum atomic E-state index is 15.1. The highest BCUT2D eigenvalue weighted by molar-refractivity contribution is 7.91. The molecule has 5 heterocycles. The van der Waals surface area contributed by atoms with Crippen molar-refractivity contribution < 1.29 is 59.7 Å². The number of ether oxygens (including phenoxy) is 4. The van der Waals surface area contributed by atoms with Crippen molar-refractivity contribution in [3.05, 3.63) is 41.6 Å². The molecule has 6 aliphatic rings.